The summed E-state index contributed by atoms with van der Waals surface area (Å²) in [5.74, 6) is 2.01. The van der Waals surface area contributed by atoms with Crippen LogP contribution < -0.4 is 10.2 Å². The third-order valence-electron chi connectivity index (χ3n) is 6.81. The molecule has 1 aromatic heterocycles. The van der Waals surface area contributed by atoms with Gasteiger partial charge in [0.05, 0.1) is 0 Å². The average molecular weight is 443 g/mol. The molecule has 3 heterocycles. The van der Waals surface area contributed by atoms with Crippen LogP contribution in [-0.4, -0.2) is 75.9 Å². The second kappa shape index (κ2) is 9.03. The van der Waals surface area contributed by atoms with Crippen molar-refractivity contribution in [3.8, 4) is 0 Å². The number of anilines is 1. The maximum atomic E-state index is 12.7. The molecule has 1 aliphatic carbocycles. The predicted molar refractivity (Wildman–Crippen MR) is 120 cm³/mol. The number of urea groups is 1. The molecule has 0 aromatic carbocycles. The number of hydrogen-bond donors (Lipinski definition) is 1. The smallest absolute Gasteiger partial charge is 0.325 e. The SMILES string of the molecule is Cc1cc(N2CCN(C(=O)CCCN3C(=O)NC4(CCCC4)C3=O)CC2)nc(C(C)C)n1. The van der Waals surface area contributed by atoms with Crippen molar-refractivity contribution in [2.75, 3.05) is 37.6 Å². The van der Waals surface area contributed by atoms with Crippen LogP contribution in [0.25, 0.3) is 0 Å². The topological polar surface area (TPSA) is 98.7 Å². The molecule has 0 unspecified atom stereocenters. The number of piperazine rings is 1. The van der Waals surface area contributed by atoms with Crippen molar-refractivity contribution < 1.29 is 14.4 Å². The van der Waals surface area contributed by atoms with Gasteiger partial charge < -0.3 is 15.1 Å². The Hall–Kier alpha value is -2.71. The second-order valence-electron chi connectivity index (χ2n) is 9.53. The number of aromatic nitrogens is 2. The van der Waals surface area contributed by atoms with Crippen LogP contribution in [0, 0.1) is 6.92 Å². The first-order chi connectivity index (χ1) is 15.3. The Morgan fingerprint density at radius 2 is 1.81 bits per heavy atom. The molecule has 1 spiro atoms. The van der Waals surface area contributed by atoms with Gasteiger partial charge in [-0.05, 0) is 26.2 Å². The van der Waals surface area contributed by atoms with Crippen molar-refractivity contribution in [2.24, 2.45) is 0 Å². The van der Waals surface area contributed by atoms with Crippen LogP contribution in [0.5, 0.6) is 0 Å². The van der Waals surface area contributed by atoms with E-state index in [0.717, 1.165) is 56.1 Å². The molecule has 0 atom stereocenters. The van der Waals surface area contributed by atoms with E-state index in [-0.39, 0.29) is 23.8 Å². The quantitative estimate of drug-likeness (QED) is 0.678. The largest absolute Gasteiger partial charge is 0.353 e. The Labute approximate surface area is 189 Å². The number of carbonyl (C=O) groups is 3. The molecule has 9 nitrogen and oxygen atoms in total. The molecule has 9 heteroatoms. The first-order valence-electron chi connectivity index (χ1n) is 11.8. The van der Waals surface area contributed by atoms with Crippen molar-refractivity contribution >= 4 is 23.7 Å². The van der Waals surface area contributed by atoms with E-state index in [1.165, 1.54) is 4.90 Å². The number of rotatable bonds is 6. The summed E-state index contributed by atoms with van der Waals surface area (Å²) in [6.45, 7) is 9.21. The van der Waals surface area contributed by atoms with E-state index in [1.54, 1.807) is 0 Å². The van der Waals surface area contributed by atoms with E-state index in [2.05, 4.69) is 29.0 Å². The number of hydrogen-bond acceptors (Lipinski definition) is 6. The zero-order chi connectivity index (χ0) is 22.9. The third kappa shape index (κ3) is 4.42. The van der Waals surface area contributed by atoms with Gasteiger partial charge in [0, 0.05) is 56.8 Å². The molecular weight excluding hydrogens is 408 g/mol. The van der Waals surface area contributed by atoms with Crippen LogP contribution in [0.4, 0.5) is 10.6 Å². The lowest BCUT2D eigenvalue weighted by molar-refractivity contribution is -0.133. The highest BCUT2D eigenvalue weighted by Gasteiger charge is 2.52. The van der Waals surface area contributed by atoms with Crippen LogP contribution in [0.1, 0.15) is 69.8 Å². The van der Waals surface area contributed by atoms with Crippen LogP contribution in [0.15, 0.2) is 6.07 Å². The highest BCUT2D eigenvalue weighted by atomic mass is 16.2. The van der Waals surface area contributed by atoms with Crippen molar-refractivity contribution in [3.05, 3.63) is 17.6 Å². The fourth-order valence-electron chi connectivity index (χ4n) is 4.92. The fourth-order valence-corrected chi connectivity index (χ4v) is 4.92. The van der Waals surface area contributed by atoms with Gasteiger partial charge in [-0.3, -0.25) is 14.5 Å². The van der Waals surface area contributed by atoms with Gasteiger partial charge in [-0.15, -0.1) is 0 Å². The van der Waals surface area contributed by atoms with Crippen LogP contribution in [0.2, 0.25) is 0 Å². The summed E-state index contributed by atoms with van der Waals surface area (Å²) in [4.78, 5) is 52.3. The molecule has 2 aliphatic heterocycles. The summed E-state index contributed by atoms with van der Waals surface area (Å²) in [6.07, 6.45) is 4.23. The lowest BCUT2D eigenvalue weighted by Crippen LogP contribution is -2.49. The van der Waals surface area contributed by atoms with Crippen LogP contribution >= 0.6 is 0 Å². The molecule has 3 fully saturated rings. The zero-order valence-corrected chi connectivity index (χ0v) is 19.4. The monoisotopic (exact) mass is 442 g/mol. The Bertz CT molecular complexity index is 888. The van der Waals surface area contributed by atoms with Gasteiger partial charge in [0.2, 0.25) is 5.91 Å². The van der Waals surface area contributed by atoms with Crippen LogP contribution in [0.3, 0.4) is 0 Å². The Kier molecular flexibility index (Phi) is 6.35. The molecule has 174 valence electrons. The standard InChI is InChI=1S/C23H34N6O3/c1-16(2)20-24-17(3)15-18(25-20)27-11-13-28(14-12-27)19(30)7-6-10-29-21(31)23(26-22(29)32)8-4-5-9-23/h15-16H,4-14H2,1-3H3,(H,26,32). The zero-order valence-electron chi connectivity index (χ0n) is 19.4. The molecule has 2 saturated heterocycles. The molecule has 1 aromatic rings. The summed E-state index contributed by atoms with van der Waals surface area (Å²) >= 11 is 0. The second-order valence-corrected chi connectivity index (χ2v) is 9.53. The number of nitrogens with one attached hydrogen (secondary N) is 1. The van der Waals surface area contributed by atoms with Crippen molar-refractivity contribution in [2.45, 2.75) is 70.8 Å². The van der Waals surface area contributed by atoms with Crippen molar-refractivity contribution in [3.63, 3.8) is 0 Å². The minimum atomic E-state index is -0.674. The molecule has 4 rings (SSSR count). The molecular formula is C23H34N6O3. The number of amides is 4. The number of nitrogens with zero attached hydrogens (tertiary/aromatic N) is 5. The predicted octanol–water partition coefficient (Wildman–Crippen LogP) is 2.20. The minimum absolute atomic E-state index is 0.0778. The maximum absolute atomic E-state index is 12.7. The van der Waals surface area contributed by atoms with Gasteiger partial charge in [0.15, 0.2) is 0 Å². The van der Waals surface area contributed by atoms with Crippen LogP contribution in [-0.2, 0) is 9.59 Å². The van der Waals surface area contributed by atoms with Gasteiger partial charge >= 0.3 is 6.03 Å². The van der Waals surface area contributed by atoms with Crippen molar-refractivity contribution in [1.82, 2.24) is 25.1 Å². The Morgan fingerprint density at radius 3 is 2.47 bits per heavy atom. The first kappa shape index (κ1) is 22.5. The van der Waals surface area contributed by atoms with E-state index in [9.17, 15) is 14.4 Å². The van der Waals surface area contributed by atoms with E-state index in [0.29, 0.717) is 32.5 Å². The average Bonchev–Trinajstić information content (AvgIpc) is 3.33. The molecule has 0 radical (unpaired) electrons. The lowest BCUT2D eigenvalue weighted by Gasteiger charge is -2.35. The normalized spacial score (nSPS) is 20.6. The summed E-state index contributed by atoms with van der Waals surface area (Å²) in [6, 6.07) is 1.69. The molecule has 1 saturated carbocycles. The number of aryl methyl sites for hydroxylation is 1. The maximum Gasteiger partial charge on any atom is 0.325 e. The summed E-state index contributed by atoms with van der Waals surface area (Å²) in [7, 11) is 0. The molecule has 4 amide bonds. The first-order valence-corrected chi connectivity index (χ1v) is 11.8. The highest BCUT2D eigenvalue weighted by Crippen LogP contribution is 2.35. The number of carbonyl (C=O) groups excluding carboxylic acids is 3. The molecule has 1 N–H and O–H groups in total. The third-order valence-corrected chi connectivity index (χ3v) is 6.81. The van der Waals surface area contributed by atoms with E-state index >= 15 is 0 Å². The van der Waals surface area contributed by atoms with Gasteiger partial charge in [0.1, 0.15) is 17.2 Å². The summed E-state index contributed by atoms with van der Waals surface area (Å²) in [5.41, 5.74) is 0.281. The Balaban J connectivity index is 1.25. The minimum Gasteiger partial charge on any atom is -0.353 e. The number of imide groups is 1. The fraction of sp³-hybridized carbons (Fsp3) is 0.696. The van der Waals surface area contributed by atoms with Gasteiger partial charge in [0.25, 0.3) is 5.91 Å². The van der Waals surface area contributed by atoms with Crippen molar-refractivity contribution in [1.29, 1.82) is 0 Å². The summed E-state index contributed by atoms with van der Waals surface area (Å²) in [5, 5.41) is 2.89. The molecule has 0 bridgehead atoms. The van der Waals surface area contributed by atoms with Gasteiger partial charge in [-0.2, -0.15) is 0 Å². The molecule has 3 aliphatic rings. The van der Waals surface area contributed by atoms with Gasteiger partial charge in [-0.25, -0.2) is 14.8 Å². The Morgan fingerprint density at radius 1 is 1.12 bits per heavy atom. The van der Waals surface area contributed by atoms with E-state index in [1.807, 2.05) is 17.9 Å². The van der Waals surface area contributed by atoms with Gasteiger partial charge in [-0.1, -0.05) is 26.7 Å². The highest BCUT2D eigenvalue weighted by molar-refractivity contribution is 6.07. The molecule has 32 heavy (non-hydrogen) atoms. The lowest BCUT2D eigenvalue weighted by atomic mass is 9.98. The van der Waals surface area contributed by atoms with E-state index < -0.39 is 5.54 Å². The summed E-state index contributed by atoms with van der Waals surface area (Å²) < 4.78 is 0. The van der Waals surface area contributed by atoms with E-state index in [4.69, 9.17) is 4.98 Å².